The van der Waals surface area contributed by atoms with Gasteiger partial charge in [0.1, 0.15) is 17.9 Å². The van der Waals surface area contributed by atoms with E-state index in [1.54, 1.807) is 12.3 Å². The summed E-state index contributed by atoms with van der Waals surface area (Å²) in [5, 5.41) is 13.4. The number of likely N-dealkylation sites (N-methyl/N-ethyl adjacent to an activating group) is 1. The van der Waals surface area contributed by atoms with E-state index in [2.05, 4.69) is 10.1 Å². The van der Waals surface area contributed by atoms with Crippen LogP contribution in [0.1, 0.15) is 10.4 Å². The van der Waals surface area contributed by atoms with Crippen molar-refractivity contribution in [2.75, 3.05) is 33.0 Å². The molecule has 0 atom stereocenters. The number of carboxylic acid groups (broad SMARTS) is 1. The highest BCUT2D eigenvalue weighted by molar-refractivity contribution is 5.96. The number of nitrogens with two attached hydrogens (primary N) is 1. The number of anilines is 1. The molecule has 0 radical (unpaired) electrons. The summed E-state index contributed by atoms with van der Waals surface area (Å²) in [6, 6.07) is 9.01. The number of hydrogen-bond donors (Lipinski definition) is 2. The fourth-order valence-electron chi connectivity index (χ4n) is 2.41. The highest BCUT2D eigenvalue weighted by Gasteiger charge is 2.15. The van der Waals surface area contributed by atoms with Crippen LogP contribution in [-0.2, 0) is 0 Å². The highest BCUT2D eigenvalue weighted by atomic mass is 16.5. The topological polar surface area (TPSA) is 106 Å². The third kappa shape index (κ3) is 3.69. The molecule has 1 aromatic carbocycles. The van der Waals surface area contributed by atoms with Crippen LogP contribution in [0.2, 0.25) is 0 Å². The minimum Gasteiger partial charge on any atom is -0.492 e. The molecule has 3 aromatic rings. The summed E-state index contributed by atoms with van der Waals surface area (Å²) in [5.74, 6) is -0.290. The Balaban J connectivity index is 1.89. The van der Waals surface area contributed by atoms with Gasteiger partial charge < -0.3 is 20.5 Å². The van der Waals surface area contributed by atoms with E-state index in [0.29, 0.717) is 12.2 Å². The number of carbonyl (C=O) groups is 1. The summed E-state index contributed by atoms with van der Waals surface area (Å²) in [4.78, 5) is 17.5. The first-order valence-electron chi connectivity index (χ1n) is 7.71. The van der Waals surface area contributed by atoms with Gasteiger partial charge in [-0.2, -0.15) is 4.98 Å². The minimum absolute atomic E-state index is 0.0318. The van der Waals surface area contributed by atoms with Crippen LogP contribution in [0.5, 0.6) is 5.75 Å². The van der Waals surface area contributed by atoms with Crippen LogP contribution < -0.4 is 10.5 Å². The van der Waals surface area contributed by atoms with Crippen molar-refractivity contribution < 1.29 is 14.6 Å². The summed E-state index contributed by atoms with van der Waals surface area (Å²) in [6.07, 6.45) is 1.70. The predicted octanol–water partition coefficient (Wildman–Crippen LogP) is 1.62. The van der Waals surface area contributed by atoms with Gasteiger partial charge in [-0.25, -0.2) is 9.31 Å². The van der Waals surface area contributed by atoms with Crippen LogP contribution in [0.4, 0.5) is 5.95 Å². The fraction of sp³-hybridized carbons (Fsp3) is 0.235. The summed E-state index contributed by atoms with van der Waals surface area (Å²) in [6.45, 7) is 1.42. The van der Waals surface area contributed by atoms with Crippen molar-refractivity contribution in [2.24, 2.45) is 0 Å². The molecular weight excluding hydrogens is 322 g/mol. The van der Waals surface area contributed by atoms with E-state index in [1.165, 1.54) is 4.52 Å². The number of benzene rings is 1. The van der Waals surface area contributed by atoms with Crippen LogP contribution >= 0.6 is 0 Å². The zero-order valence-electron chi connectivity index (χ0n) is 14.0. The predicted molar refractivity (Wildman–Crippen MR) is 93.8 cm³/mol. The number of nitrogen functional groups attached to an aromatic ring is 1. The number of pyridine rings is 1. The van der Waals surface area contributed by atoms with Crippen molar-refractivity contribution in [1.82, 2.24) is 19.5 Å². The van der Waals surface area contributed by atoms with Crippen LogP contribution in [0, 0.1) is 0 Å². The van der Waals surface area contributed by atoms with Crippen molar-refractivity contribution in [1.29, 1.82) is 0 Å². The molecule has 0 saturated carbocycles. The smallest absolute Gasteiger partial charge is 0.339 e. The normalized spacial score (nSPS) is 11.2. The Morgan fingerprint density at radius 3 is 2.64 bits per heavy atom. The molecule has 0 unspecified atom stereocenters. The molecule has 0 fully saturated rings. The lowest BCUT2D eigenvalue weighted by molar-refractivity contribution is 0.0698. The molecule has 3 rings (SSSR count). The van der Waals surface area contributed by atoms with Gasteiger partial charge in [-0.05, 0) is 37.9 Å². The van der Waals surface area contributed by atoms with Crippen LogP contribution in [0.15, 0.2) is 36.5 Å². The van der Waals surface area contributed by atoms with E-state index in [4.69, 9.17) is 10.5 Å². The lowest BCUT2D eigenvalue weighted by atomic mass is 10.1. The lowest BCUT2D eigenvalue weighted by Gasteiger charge is -2.11. The van der Waals surface area contributed by atoms with Gasteiger partial charge in [0, 0.05) is 18.3 Å². The summed E-state index contributed by atoms with van der Waals surface area (Å²) in [7, 11) is 3.97. The maximum atomic E-state index is 11.5. The number of aromatic carboxylic acids is 1. The van der Waals surface area contributed by atoms with E-state index in [-0.39, 0.29) is 17.2 Å². The van der Waals surface area contributed by atoms with Gasteiger partial charge in [0.25, 0.3) is 0 Å². The second-order valence-electron chi connectivity index (χ2n) is 5.86. The van der Waals surface area contributed by atoms with E-state index in [9.17, 15) is 9.90 Å². The first kappa shape index (κ1) is 16.7. The average molecular weight is 341 g/mol. The minimum atomic E-state index is -1.08. The van der Waals surface area contributed by atoms with Gasteiger partial charge in [-0.3, -0.25) is 0 Å². The van der Waals surface area contributed by atoms with Crippen molar-refractivity contribution in [3.8, 4) is 16.9 Å². The zero-order valence-corrected chi connectivity index (χ0v) is 14.0. The first-order valence-corrected chi connectivity index (χ1v) is 7.71. The zero-order chi connectivity index (χ0) is 18.0. The standard InChI is InChI=1S/C17H19N5O3/c1-21(2)7-8-25-13-5-3-11(4-6-13)12-9-14(16(23)24)15-19-17(18)20-22(15)10-12/h3-6,9-10H,7-8H2,1-2H3,(H2,18,20)(H,23,24). The molecule has 0 aliphatic heterocycles. The second-order valence-corrected chi connectivity index (χ2v) is 5.86. The average Bonchev–Trinajstić information content (AvgIpc) is 2.94. The molecule has 0 aliphatic rings. The Hall–Kier alpha value is -3.13. The molecule has 2 heterocycles. The van der Waals surface area contributed by atoms with Crippen LogP contribution in [0.25, 0.3) is 16.8 Å². The molecule has 8 nitrogen and oxygen atoms in total. The largest absolute Gasteiger partial charge is 0.492 e. The number of aromatic nitrogens is 3. The molecule has 3 N–H and O–H groups in total. The molecule has 0 bridgehead atoms. The number of nitrogens with zero attached hydrogens (tertiary/aromatic N) is 4. The monoisotopic (exact) mass is 341 g/mol. The Morgan fingerprint density at radius 2 is 2.00 bits per heavy atom. The fourth-order valence-corrected chi connectivity index (χ4v) is 2.41. The quantitative estimate of drug-likeness (QED) is 0.701. The Kier molecular flexibility index (Phi) is 4.53. The van der Waals surface area contributed by atoms with E-state index in [0.717, 1.165) is 17.9 Å². The van der Waals surface area contributed by atoms with E-state index < -0.39 is 5.97 Å². The summed E-state index contributed by atoms with van der Waals surface area (Å²) in [5.41, 5.74) is 7.40. The van der Waals surface area contributed by atoms with Gasteiger partial charge in [0.2, 0.25) is 5.95 Å². The SMILES string of the molecule is CN(C)CCOc1ccc(-c2cc(C(=O)O)c3nc(N)nn3c2)cc1. The van der Waals surface area contributed by atoms with Crippen molar-refractivity contribution in [3.05, 3.63) is 42.1 Å². The van der Waals surface area contributed by atoms with Crippen molar-refractivity contribution >= 4 is 17.6 Å². The third-order valence-electron chi connectivity index (χ3n) is 3.68. The summed E-state index contributed by atoms with van der Waals surface area (Å²) >= 11 is 0. The molecule has 2 aromatic heterocycles. The van der Waals surface area contributed by atoms with Gasteiger partial charge in [0.05, 0.1) is 0 Å². The molecular formula is C17H19N5O3. The Morgan fingerprint density at radius 1 is 1.28 bits per heavy atom. The number of ether oxygens (including phenoxy) is 1. The van der Waals surface area contributed by atoms with Gasteiger partial charge in [-0.15, -0.1) is 5.10 Å². The number of hydrogen-bond acceptors (Lipinski definition) is 6. The molecule has 130 valence electrons. The molecule has 8 heteroatoms. The van der Waals surface area contributed by atoms with E-state index in [1.807, 2.05) is 43.3 Å². The Bertz CT molecular complexity index is 903. The second kappa shape index (κ2) is 6.78. The van der Waals surface area contributed by atoms with Gasteiger partial charge >= 0.3 is 5.97 Å². The summed E-state index contributed by atoms with van der Waals surface area (Å²) < 4.78 is 7.05. The molecule has 0 aliphatic carbocycles. The molecule has 25 heavy (non-hydrogen) atoms. The Labute approximate surface area is 144 Å². The van der Waals surface area contributed by atoms with Gasteiger partial charge in [0.15, 0.2) is 5.65 Å². The number of carboxylic acids is 1. The van der Waals surface area contributed by atoms with Gasteiger partial charge in [-0.1, -0.05) is 12.1 Å². The third-order valence-corrected chi connectivity index (χ3v) is 3.68. The first-order chi connectivity index (χ1) is 11.9. The number of fused-ring (bicyclic) bond motifs is 1. The molecule has 0 amide bonds. The maximum Gasteiger partial charge on any atom is 0.339 e. The van der Waals surface area contributed by atoms with Crippen LogP contribution in [-0.4, -0.2) is 57.8 Å². The lowest BCUT2D eigenvalue weighted by Crippen LogP contribution is -2.19. The maximum absolute atomic E-state index is 11.5. The van der Waals surface area contributed by atoms with Crippen molar-refractivity contribution in [3.63, 3.8) is 0 Å². The molecule has 0 saturated heterocycles. The highest BCUT2D eigenvalue weighted by Crippen LogP contribution is 2.25. The molecule has 0 spiro atoms. The van der Waals surface area contributed by atoms with Crippen LogP contribution in [0.3, 0.4) is 0 Å². The van der Waals surface area contributed by atoms with E-state index >= 15 is 0 Å². The number of rotatable bonds is 6. The van der Waals surface area contributed by atoms with Crippen molar-refractivity contribution in [2.45, 2.75) is 0 Å².